The molecule has 8 heteroatoms. The lowest BCUT2D eigenvalue weighted by Crippen LogP contribution is -2.45. The second-order valence-electron chi connectivity index (χ2n) is 7.15. The van der Waals surface area contributed by atoms with E-state index in [0.29, 0.717) is 23.0 Å². The molecule has 1 aromatic carbocycles. The topological polar surface area (TPSA) is 102 Å². The molecule has 1 saturated heterocycles. The third-order valence-electron chi connectivity index (χ3n) is 4.92. The number of aromatic amines is 1. The van der Waals surface area contributed by atoms with Crippen LogP contribution >= 0.6 is 0 Å². The summed E-state index contributed by atoms with van der Waals surface area (Å²) in [5.74, 6) is -2.65. The number of nitrogens with one attached hydrogen (secondary N) is 2. The van der Waals surface area contributed by atoms with Crippen LogP contribution in [0.15, 0.2) is 24.4 Å². The molecule has 0 saturated carbocycles. The lowest BCUT2D eigenvalue weighted by molar-refractivity contribution is -0.142. The minimum Gasteiger partial charge on any atom is -0.480 e. The summed E-state index contributed by atoms with van der Waals surface area (Å²) in [6.07, 6.45) is 1.76. The Bertz CT molecular complexity index is 892. The first kappa shape index (κ1) is 18.9. The number of nitrogens with zero attached hydrogens (tertiary/aromatic N) is 1. The Hall–Kier alpha value is -2.90. The Kier molecular flexibility index (Phi) is 5.16. The normalized spacial score (nSPS) is 18.3. The van der Waals surface area contributed by atoms with E-state index in [9.17, 15) is 23.9 Å². The fourth-order valence-electron chi connectivity index (χ4n) is 3.44. The summed E-state index contributed by atoms with van der Waals surface area (Å²) < 4.78 is 13.3. The van der Waals surface area contributed by atoms with Crippen molar-refractivity contribution in [2.45, 2.75) is 38.8 Å². The van der Waals surface area contributed by atoms with E-state index in [-0.39, 0.29) is 30.6 Å². The number of aliphatic carboxylic acids is 1. The Labute approximate surface area is 155 Å². The fraction of sp³-hybridized carbons (Fsp3) is 0.421. The average molecular weight is 375 g/mol. The average Bonchev–Trinajstić information content (AvgIpc) is 3.17. The van der Waals surface area contributed by atoms with Crippen molar-refractivity contribution in [3.63, 3.8) is 0 Å². The summed E-state index contributed by atoms with van der Waals surface area (Å²) in [4.78, 5) is 40.6. The maximum Gasteiger partial charge on any atom is 0.326 e. The van der Waals surface area contributed by atoms with Gasteiger partial charge in [0.25, 0.3) is 0 Å². The quantitative estimate of drug-likeness (QED) is 0.715. The van der Waals surface area contributed by atoms with Crippen LogP contribution < -0.4 is 5.32 Å². The molecule has 2 heterocycles. The second kappa shape index (κ2) is 7.38. The van der Waals surface area contributed by atoms with E-state index >= 15 is 0 Å². The van der Waals surface area contributed by atoms with Gasteiger partial charge in [-0.15, -0.1) is 0 Å². The van der Waals surface area contributed by atoms with Crippen molar-refractivity contribution in [1.82, 2.24) is 15.2 Å². The van der Waals surface area contributed by atoms with Gasteiger partial charge in [0.15, 0.2) is 0 Å². The molecule has 0 aliphatic carbocycles. The first-order valence-corrected chi connectivity index (χ1v) is 8.84. The van der Waals surface area contributed by atoms with Gasteiger partial charge in [-0.2, -0.15) is 0 Å². The van der Waals surface area contributed by atoms with E-state index < -0.39 is 23.8 Å². The summed E-state index contributed by atoms with van der Waals surface area (Å²) in [5, 5.41) is 12.8. The maximum absolute atomic E-state index is 13.3. The third-order valence-corrected chi connectivity index (χ3v) is 4.92. The molecule has 1 aliphatic rings. The second-order valence-corrected chi connectivity index (χ2v) is 7.15. The largest absolute Gasteiger partial charge is 0.480 e. The standard InChI is InChI=1S/C19H22FN3O4/c1-10(2)23-9-12(6-17(23)24)18(25)22-16(19(26)27)5-11-8-21-15-7-13(20)3-4-14(11)15/h3-4,7-8,10,12,16,21H,5-6,9H2,1-2H3,(H,22,25)(H,26,27)/t12-,16+/m1/s1. The monoisotopic (exact) mass is 375 g/mol. The van der Waals surface area contributed by atoms with E-state index in [2.05, 4.69) is 10.3 Å². The highest BCUT2D eigenvalue weighted by atomic mass is 19.1. The number of rotatable bonds is 6. The lowest BCUT2D eigenvalue weighted by Gasteiger charge is -2.21. The molecule has 3 rings (SSSR count). The number of hydrogen-bond donors (Lipinski definition) is 3. The minimum atomic E-state index is -1.16. The first-order chi connectivity index (χ1) is 12.8. The highest BCUT2D eigenvalue weighted by Gasteiger charge is 2.36. The minimum absolute atomic E-state index is 0.00261. The Morgan fingerprint density at radius 2 is 2.15 bits per heavy atom. The van der Waals surface area contributed by atoms with Crippen molar-refractivity contribution >= 4 is 28.7 Å². The molecule has 2 atom stereocenters. The molecule has 0 spiro atoms. The molecule has 7 nitrogen and oxygen atoms in total. The van der Waals surface area contributed by atoms with E-state index in [1.54, 1.807) is 17.2 Å². The van der Waals surface area contributed by atoms with Crippen LogP contribution in [0.2, 0.25) is 0 Å². The number of halogens is 1. The highest BCUT2D eigenvalue weighted by molar-refractivity contribution is 5.92. The number of hydrogen-bond acceptors (Lipinski definition) is 3. The van der Waals surface area contributed by atoms with Crippen LogP contribution in [0.4, 0.5) is 4.39 Å². The number of carboxylic acid groups (broad SMARTS) is 1. The van der Waals surface area contributed by atoms with Gasteiger partial charge >= 0.3 is 5.97 Å². The van der Waals surface area contributed by atoms with Crippen LogP contribution in [0.1, 0.15) is 25.8 Å². The van der Waals surface area contributed by atoms with Gasteiger partial charge in [-0.1, -0.05) is 0 Å². The molecule has 0 unspecified atom stereocenters. The summed E-state index contributed by atoms with van der Waals surface area (Å²) in [6, 6.07) is 3.08. The molecular weight excluding hydrogens is 353 g/mol. The molecular formula is C19H22FN3O4. The van der Waals surface area contributed by atoms with Crippen LogP contribution in [0.25, 0.3) is 10.9 Å². The zero-order valence-corrected chi connectivity index (χ0v) is 15.2. The van der Waals surface area contributed by atoms with Crippen LogP contribution in [-0.2, 0) is 20.8 Å². The predicted molar refractivity (Wildman–Crippen MR) is 96.5 cm³/mol. The van der Waals surface area contributed by atoms with E-state index in [1.807, 2.05) is 13.8 Å². The van der Waals surface area contributed by atoms with Crippen molar-refractivity contribution in [2.24, 2.45) is 5.92 Å². The summed E-state index contributed by atoms with van der Waals surface area (Å²) in [6.45, 7) is 4.04. The molecule has 3 N–H and O–H groups in total. The van der Waals surface area contributed by atoms with Gasteiger partial charge < -0.3 is 20.3 Å². The van der Waals surface area contributed by atoms with E-state index in [1.165, 1.54) is 12.1 Å². The molecule has 0 radical (unpaired) electrons. The summed E-state index contributed by atoms with van der Waals surface area (Å²) >= 11 is 0. The van der Waals surface area contributed by atoms with Gasteiger partial charge in [0.05, 0.1) is 5.92 Å². The van der Waals surface area contributed by atoms with Crippen molar-refractivity contribution in [3.05, 3.63) is 35.8 Å². The molecule has 1 fully saturated rings. The van der Waals surface area contributed by atoms with Gasteiger partial charge in [0.1, 0.15) is 11.9 Å². The molecule has 2 aromatic rings. The Morgan fingerprint density at radius 1 is 1.41 bits per heavy atom. The van der Waals surface area contributed by atoms with E-state index in [4.69, 9.17) is 0 Å². The van der Waals surface area contributed by atoms with Crippen molar-refractivity contribution in [2.75, 3.05) is 6.54 Å². The number of carbonyl (C=O) groups is 3. The van der Waals surface area contributed by atoms with Crippen LogP contribution in [-0.4, -0.2) is 51.4 Å². The summed E-state index contributed by atoms with van der Waals surface area (Å²) in [5.41, 5.74) is 1.23. The van der Waals surface area contributed by atoms with Crippen LogP contribution in [0, 0.1) is 11.7 Å². The van der Waals surface area contributed by atoms with Crippen molar-refractivity contribution in [1.29, 1.82) is 0 Å². The number of benzene rings is 1. The molecule has 27 heavy (non-hydrogen) atoms. The van der Waals surface area contributed by atoms with Gasteiger partial charge in [-0.3, -0.25) is 9.59 Å². The van der Waals surface area contributed by atoms with E-state index in [0.717, 1.165) is 0 Å². The Balaban J connectivity index is 1.71. The molecule has 0 bridgehead atoms. The molecule has 144 valence electrons. The number of aromatic nitrogens is 1. The molecule has 1 aliphatic heterocycles. The Morgan fingerprint density at radius 3 is 2.78 bits per heavy atom. The number of fused-ring (bicyclic) bond motifs is 1. The number of likely N-dealkylation sites (tertiary alicyclic amines) is 1. The number of amides is 2. The zero-order chi connectivity index (χ0) is 19.7. The van der Waals surface area contributed by atoms with Gasteiger partial charge in [-0.25, -0.2) is 9.18 Å². The lowest BCUT2D eigenvalue weighted by atomic mass is 10.0. The number of H-pyrrole nitrogens is 1. The highest BCUT2D eigenvalue weighted by Crippen LogP contribution is 2.22. The number of carboxylic acids is 1. The summed E-state index contributed by atoms with van der Waals surface area (Å²) in [7, 11) is 0. The predicted octanol–water partition coefficient (Wildman–Crippen LogP) is 1.68. The fourth-order valence-corrected chi connectivity index (χ4v) is 3.44. The maximum atomic E-state index is 13.3. The zero-order valence-electron chi connectivity index (χ0n) is 15.2. The van der Waals surface area contributed by atoms with Gasteiger partial charge in [0.2, 0.25) is 11.8 Å². The van der Waals surface area contributed by atoms with Crippen molar-refractivity contribution < 1.29 is 23.9 Å². The smallest absolute Gasteiger partial charge is 0.326 e. The SMILES string of the molecule is CC(C)N1C[C@H](C(=O)N[C@@H](Cc2c[nH]c3cc(F)ccc23)C(=O)O)CC1=O. The van der Waals surface area contributed by atoms with Crippen LogP contribution in [0.5, 0.6) is 0 Å². The number of carbonyl (C=O) groups excluding carboxylic acids is 2. The van der Waals surface area contributed by atoms with Gasteiger partial charge in [-0.05, 0) is 37.6 Å². The van der Waals surface area contributed by atoms with Gasteiger partial charge in [0, 0.05) is 42.5 Å². The first-order valence-electron chi connectivity index (χ1n) is 8.84. The van der Waals surface area contributed by atoms with Crippen molar-refractivity contribution in [3.8, 4) is 0 Å². The molecule has 1 aromatic heterocycles. The molecule has 2 amide bonds. The third kappa shape index (κ3) is 3.94. The van der Waals surface area contributed by atoms with Crippen LogP contribution in [0.3, 0.4) is 0 Å².